The first-order valence-corrected chi connectivity index (χ1v) is 5.77. The summed E-state index contributed by atoms with van der Waals surface area (Å²) in [6.45, 7) is -0.00854. The molecule has 0 amide bonds. The molecule has 0 fully saturated rings. The van der Waals surface area contributed by atoms with Gasteiger partial charge in [-0.1, -0.05) is 12.1 Å². The summed E-state index contributed by atoms with van der Waals surface area (Å²) in [6, 6.07) is 8.57. The van der Waals surface area contributed by atoms with Crippen molar-refractivity contribution < 1.29 is 17.9 Å². The van der Waals surface area contributed by atoms with Crippen molar-refractivity contribution in [1.29, 1.82) is 5.26 Å². The Morgan fingerprint density at radius 3 is 2.74 bits per heavy atom. The SMILES string of the molecule is COc1cccc(CCNCC(C#N)C(F)(F)F)c1. The summed E-state index contributed by atoms with van der Waals surface area (Å²) in [5, 5.41) is 11.1. The maximum absolute atomic E-state index is 12.3. The smallest absolute Gasteiger partial charge is 0.405 e. The zero-order valence-corrected chi connectivity index (χ0v) is 10.5. The molecule has 104 valence electrons. The lowest BCUT2D eigenvalue weighted by atomic mass is 10.1. The van der Waals surface area contributed by atoms with E-state index < -0.39 is 12.1 Å². The number of halogens is 3. The van der Waals surface area contributed by atoms with Crippen LogP contribution in [0.15, 0.2) is 24.3 Å². The predicted octanol–water partition coefficient (Wildman–Crippen LogP) is 2.53. The molecule has 3 nitrogen and oxygen atoms in total. The van der Waals surface area contributed by atoms with E-state index in [4.69, 9.17) is 10.00 Å². The van der Waals surface area contributed by atoms with Gasteiger partial charge in [-0.2, -0.15) is 18.4 Å². The minimum atomic E-state index is -4.47. The Hall–Kier alpha value is -1.74. The second-order valence-corrected chi connectivity index (χ2v) is 4.03. The highest BCUT2D eigenvalue weighted by Crippen LogP contribution is 2.24. The number of nitrogens with one attached hydrogen (secondary N) is 1. The molecular formula is C13H15F3N2O. The van der Waals surface area contributed by atoms with Crippen molar-refractivity contribution in [1.82, 2.24) is 5.32 Å². The average Bonchev–Trinajstić information content (AvgIpc) is 2.37. The molecule has 1 unspecified atom stereocenters. The van der Waals surface area contributed by atoms with Crippen LogP contribution >= 0.6 is 0 Å². The van der Waals surface area contributed by atoms with Gasteiger partial charge in [-0.3, -0.25) is 0 Å². The highest BCUT2D eigenvalue weighted by Gasteiger charge is 2.39. The molecule has 0 aliphatic rings. The topological polar surface area (TPSA) is 45.0 Å². The van der Waals surface area contributed by atoms with Gasteiger partial charge in [0.05, 0.1) is 13.2 Å². The Morgan fingerprint density at radius 1 is 1.42 bits per heavy atom. The number of hydrogen-bond acceptors (Lipinski definition) is 3. The summed E-state index contributed by atoms with van der Waals surface area (Å²) >= 11 is 0. The number of ether oxygens (including phenoxy) is 1. The summed E-state index contributed by atoms with van der Waals surface area (Å²) in [5.41, 5.74) is 0.965. The van der Waals surface area contributed by atoms with Crippen LogP contribution in [0.2, 0.25) is 0 Å². The lowest BCUT2D eigenvalue weighted by Gasteiger charge is -2.13. The molecule has 1 aromatic rings. The molecule has 0 heterocycles. The number of nitriles is 1. The van der Waals surface area contributed by atoms with Crippen molar-refractivity contribution in [2.75, 3.05) is 20.2 Å². The van der Waals surface area contributed by atoms with Gasteiger partial charge >= 0.3 is 6.18 Å². The number of rotatable bonds is 6. The minimum Gasteiger partial charge on any atom is -0.497 e. The second-order valence-electron chi connectivity index (χ2n) is 4.03. The fourth-order valence-electron chi connectivity index (χ4n) is 1.54. The first-order chi connectivity index (χ1) is 8.97. The number of benzene rings is 1. The molecule has 0 aromatic heterocycles. The largest absolute Gasteiger partial charge is 0.497 e. The van der Waals surface area contributed by atoms with E-state index in [1.165, 1.54) is 6.07 Å². The number of alkyl halides is 3. The average molecular weight is 272 g/mol. The van der Waals surface area contributed by atoms with Crippen molar-refractivity contribution in [3.63, 3.8) is 0 Å². The Bertz CT molecular complexity index is 440. The standard InChI is InChI=1S/C13H15F3N2O/c1-19-12-4-2-3-10(7-12)5-6-18-9-11(8-17)13(14,15)16/h2-4,7,11,18H,5-6,9H2,1H3. The van der Waals surface area contributed by atoms with Crippen LogP contribution in [0.1, 0.15) is 5.56 Å². The molecule has 0 radical (unpaired) electrons. The van der Waals surface area contributed by atoms with Crippen molar-refractivity contribution in [2.45, 2.75) is 12.6 Å². The van der Waals surface area contributed by atoms with E-state index in [1.807, 2.05) is 18.2 Å². The van der Waals surface area contributed by atoms with E-state index in [0.29, 0.717) is 18.7 Å². The van der Waals surface area contributed by atoms with Crippen LogP contribution in [0.3, 0.4) is 0 Å². The van der Waals surface area contributed by atoms with E-state index >= 15 is 0 Å². The molecular weight excluding hydrogens is 257 g/mol. The number of nitrogens with zero attached hydrogens (tertiary/aromatic N) is 1. The lowest BCUT2D eigenvalue weighted by molar-refractivity contribution is -0.157. The van der Waals surface area contributed by atoms with Crippen molar-refractivity contribution in [3.05, 3.63) is 29.8 Å². The zero-order valence-electron chi connectivity index (χ0n) is 10.5. The van der Waals surface area contributed by atoms with Crippen molar-refractivity contribution >= 4 is 0 Å². The summed E-state index contributed by atoms with van der Waals surface area (Å²) in [7, 11) is 1.55. The molecule has 0 bridgehead atoms. The number of methoxy groups -OCH3 is 1. The van der Waals surface area contributed by atoms with Gasteiger partial charge in [-0.25, -0.2) is 0 Å². The Labute approximate surface area is 110 Å². The van der Waals surface area contributed by atoms with E-state index in [1.54, 1.807) is 13.2 Å². The first-order valence-electron chi connectivity index (χ1n) is 5.77. The Kier molecular flexibility index (Phi) is 5.64. The van der Waals surface area contributed by atoms with Gasteiger partial charge in [0, 0.05) is 6.54 Å². The van der Waals surface area contributed by atoms with Crippen LogP contribution < -0.4 is 10.1 Å². The normalized spacial score (nSPS) is 12.8. The Morgan fingerprint density at radius 2 is 2.16 bits per heavy atom. The van der Waals surface area contributed by atoms with E-state index in [0.717, 1.165) is 5.56 Å². The van der Waals surface area contributed by atoms with Crippen LogP contribution in [0, 0.1) is 17.2 Å². The van der Waals surface area contributed by atoms with Crippen LogP contribution in [0.4, 0.5) is 13.2 Å². The second kappa shape index (κ2) is 7.00. The van der Waals surface area contributed by atoms with Gasteiger partial charge in [-0.15, -0.1) is 0 Å². The fourth-order valence-corrected chi connectivity index (χ4v) is 1.54. The third-order valence-electron chi connectivity index (χ3n) is 2.62. The van der Waals surface area contributed by atoms with Gasteiger partial charge in [0.15, 0.2) is 5.92 Å². The van der Waals surface area contributed by atoms with Gasteiger partial charge in [0.2, 0.25) is 0 Å². The third kappa shape index (κ3) is 5.18. The van der Waals surface area contributed by atoms with Gasteiger partial charge < -0.3 is 10.1 Å². The maximum atomic E-state index is 12.3. The molecule has 0 spiro atoms. The van der Waals surface area contributed by atoms with E-state index in [2.05, 4.69) is 5.32 Å². The molecule has 0 saturated heterocycles. The molecule has 1 N–H and O–H groups in total. The molecule has 1 atom stereocenters. The van der Waals surface area contributed by atoms with Crippen LogP contribution in [0.25, 0.3) is 0 Å². The highest BCUT2D eigenvalue weighted by atomic mass is 19.4. The van der Waals surface area contributed by atoms with Crippen LogP contribution in [0.5, 0.6) is 5.75 Å². The highest BCUT2D eigenvalue weighted by molar-refractivity contribution is 5.28. The molecule has 1 aromatic carbocycles. The molecule has 0 aliphatic heterocycles. The molecule has 6 heteroatoms. The molecule has 0 aliphatic carbocycles. The summed E-state index contributed by atoms with van der Waals surface area (Å²) in [4.78, 5) is 0. The monoisotopic (exact) mass is 272 g/mol. The maximum Gasteiger partial charge on any atom is 0.405 e. The third-order valence-corrected chi connectivity index (χ3v) is 2.62. The minimum absolute atomic E-state index is 0.376. The quantitative estimate of drug-likeness (QED) is 0.809. The van der Waals surface area contributed by atoms with Gasteiger partial charge in [-0.05, 0) is 30.7 Å². The Balaban J connectivity index is 2.36. The van der Waals surface area contributed by atoms with E-state index in [9.17, 15) is 13.2 Å². The van der Waals surface area contributed by atoms with E-state index in [-0.39, 0.29) is 6.54 Å². The summed E-state index contributed by atoms with van der Waals surface area (Å²) in [6.07, 6.45) is -3.90. The molecule has 1 rings (SSSR count). The van der Waals surface area contributed by atoms with Crippen LogP contribution in [-0.2, 0) is 6.42 Å². The van der Waals surface area contributed by atoms with Gasteiger partial charge in [0.1, 0.15) is 5.75 Å². The summed E-state index contributed by atoms with van der Waals surface area (Å²) in [5.74, 6) is -1.25. The lowest BCUT2D eigenvalue weighted by Crippen LogP contribution is -2.33. The molecule has 0 saturated carbocycles. The van der Waals surface area contributed by atoms with Gasteiger partial charge in [0.25, 0.3) is 0 Å². The summed E-state index contributed by atoms with van der Waals surface area (Å²) < 4.78 is 41.9. The fraction of sp³-hybridized carbons (Fsp3) is 0.462. The number of hydrogen-bond donors (Lipinski definition) is 1. The van der Waals surface area contributed by atoms with Crippen LogP contribution in [-0.4, -0.2) is 26.4 Å². The van der Waals surface area contributed by atoms with Crippen molar-refractivity contribution in [2.24, 2.45) is 5.92 Å². The predicted molar refractivity (Wildman–Crippen MR) is 64.7 cm³/mol. The first kappa shape index (κ1) is 15.3. The zero-order chi connectivity index (χ0) is 14.3. The molecule has 19 heavy (non-hydrogen) atoms. The van der Waals surface area contributed by atoms with Crippen molar-refractivity contribution in [3.8, 4) is 11.8 Å².